The van der Waals surface area contributed by atoms with Crippen LogP contribution in [0.3, 0.4) is 0 Å². The first-order valence-electron chi connectivity index (χ1n) is 7.76. The summed E-state index contributed by atoms with van der Waals surface area (Å²) in [6.07, 6.45) is 1.57. The van der Waals surface area contributed by atoms with Crippen molar-refractivity contribution in [1.29, 1.82) is 0 Å². The number of aromatic amines is 1. The number of aromatic nitrogens is 1. The molecule has 128 valence electrons. The molecule has 5 nitrogen and oxygen atoms in total. The summed E-state index contributed by atoms with van der Waals surface area (Å²) in [6.45, 7) is 0.864. The first kappa shape index (κ1) is 17.4. The van der Waals surface area contributed by atoms with E-state index in [0.717, 1.165) is 16.7 Å². The van der Waals surface area contributed by atoms with E-state index in [4.69, 9.17) is 0 Å². The molecule has 0 unspecified atom stereocenters. The largest absolute Gasteiger partial charge is 0.494 e. The lowest BCUT2D eigenvalue weighted by Gasteiger charge is -2.09. The molecule has 0 fully saturated rings. The molecule has 0 atom stereocenters. The zero-order valence-corrected chi connectivity index (χ0v) is 15.5. The molecule has 3 rings (SSSR count). The van der Waals surface area contributed by atoms with Crippen LogP contribution < -0.4 is 5.56 Å². The second-order valence-corrected chi connectivity index (χ2v) is 6.98. The molecule has 0 aliphatic heterocycles. The average Bonchev–Trinajstić information content (AvgIpc) is 2.55. The van der Waals surface area contributed by atoms with E-state index in [1.165, 1.54) is 5.56 Å². The molecule has 0 bridgehead atoms. The van der Waals surface area contributed by atoms with Crippen LogP contribution >= 0.6 is 15.9 Å². The van der Waals surface area contributed by atoms with E-state index in [1.807, 2.05) is 38.4 Å². The summed E-state index contributed by atoms with van der Waals surface area (Å²) in [4.78, 5) is 21.0. The predicted molar refractivity (Wildman–Crippen MR) is 105 cm³/mol. The highest BCUT2D eigenvalue weighted by atomic mass is 79.9. The van der Waals surface area contributed by atoms with Gasteiger partial charge in [0.2, 0.25) is 5.88 Å². The Morgan fingerprint density at radius 2 is 1.88 bits per heavy atom. The summed E-state index contributed by atoms with van der Waals surface area (Å²) in [5.41, 5.74) is 2.12. The van der Waals surface area contributed by atoms with Crippen LogP contribution in [0.2, 0.25) is 0 Å². The Balaban J connectivity index is 1.98. The van der Waals surface area contributed by atoms with Crippen molar-refractivity contribution in [3.05, 3.63) is 68.4 Å². The smallest absolute Gasteiger partial charge is 0.258 e. The molecule has 0 radical (unpaired) electrons. The maximum atomic E-state index is 12.0. The molecule has 0 saturated heterocycles. The number of halogens is 1. The summed E-state index contributed by atoms with van der Waals surface area (Å²) in [6, 6.07) is 13.2. The fourth-order valence-corrected chi connectivity index (χ4v) is 2.99. The number of hydrogen-bond acceptors (Lipinski definition) is 4. The standard InChI is InChI=1S/C19H18BrN3O2/c1-23(2)11-12-3-6-14(7-4-12)21-10-17-16-9-13(20)5-8-15(16)18(24)22-19(17)25/h3-10H,11H2,1-2H3,(H2,22,24,25). The van der Waals surface area contributed by atoms with E-state index in [-0.39, 0.29) is 11.4 Å². The normalized spacial score (nSPS) is 11.7. The number of nitrogens with zero attached hydrogens (tertiary/aromatic N) is 2. The number of benzene rings is 2. The van der Waals surface area contributed by atoms with Gasteiger partial charge in [0.25, 0.3) is 5.56 Å². The zero-order chi connectivity index (χ0) is 18.0. The van der Waals surface area contributed by atoms with Crippen LogP contribution in [0, 0.1) is 0 Å². The summed E-state index contributed by atoms with van der Waals surface area (Å²) >= 11 is 3.40. The second kappa shape index (κ2) is 7.21. The number of nitrogens with one attached hydrogen (secondary N) is 1. The van der Waals surface area contributed by atoms with Crippen molar-refractivity contribution in [1.82, 2.24) is 9.88 Å². The van der Waals surface area contributed by atoms with Gasteiger partial charge in [-0.05, 0) is 50.0 Å². The highest BCUT2D eigenvalue weighted by Crippen LogP contribution is 2.25. The molecule has 0 aliphatic rings. The highest BCUT2D eigenvalue weighted by molar-refractivity contribution is 9.10. The number of hydrogen-bond donors (Lipinski definition) is 2. The molecule has 0 amide bonds. The van der Waals surface area contributed by atoms with Gasteiger partial charge in [-0.1, -0.05) is 28.1 Å². The third kappa shape index (κ3) is 3.97. The lowest BCUT2D eigenvalue weighted by atomic mass is 10.1. The van der Waals surface area contributed by atoms with Crippen molar-refractivity contribution < 1.29 is 5.11 Å². The van der Waals surface area contributed by atoms with Crippen LogP contribution in [-0.2, 0) is 6.54 Å². The number of H-pyrrole nitrogens is 1. The number of pyridine rings is 1. The van der Waals surface area contributed by atoms with Gasteiger partial charge in [-0.25, -0.2) is 0 Å². The van der Waals surface area contributed by atoms with Gasteiger partial charge >= 0.3 is 0 Å². The molecule has 0 spiro atoms. The van der Waals surface area contributed by atoms with Gasteiger partial charge in [0.1, 0.15) is 0 Å². The number of fused-ring (bicyclic) bond motifs is 1. The van der Waals surface area contributed by atoms with Crippen LogP contribution in [0.5, 0.6) is 5.88 Å². The van der Waals surface area contributed by atoms with Gasteiger partial charge in [0, 0.05) is 28.0 Å². The molecule has 2 N–H and O–H groups in total. The highest BCUT2D eigenvalue weighted by Gasteiger charge is 2.09. The van der Waals surface area contributed by atoms with Crippen LogP contribution in [0.4, 0.5) is 5.69 Å². The monoisotopic (exact) mass is 399 g/mol. The molecule has 3 aromatic rings. The Bertz CT molecular complexity index is 992. The Kier molecular flexibility index (Phi) is 5.01. The van der Waals surface area contributed by atoms with E-state index in [9.17, 15) is 9.90 Å². The molecule has 0 aliphatic carbocycles. The number of aliphatic imine (C=N–C) groups is 1. The maximum absolute atomic E-state index is 12.0. The van der Waals surface area contributed by atoms with Crippen molar-refractivity contribution in [3.63, 3.8) is 0 Å². The number of aromatic hydroxyl groups is 1. The van der Waals surface area contributed by atoms with E-state index in [1.54, 1.807) is 24.4 Å². The van der Waals surface area contributed by atoms with Crippen LogP contribution in [-0.4, -0.2) is 35.3 Å². The third-order valence-corrected chi connectivity index (χ3v) is 4.27. The molecule has 1 heterocycles. The van der Waals surface area contributed by atoms with Gasteiger partial charge in [-0.2, -0.15) is 0 Å². The van der Waals surface area contributed by atoms with Crippen molar-refractivity contribution in [2.45, 2.75) is 6.54 Å². The Morgan fingerprint density at radius 3 is 2.56 bits per heavy atom. The fourth-order valence-electron chi connectivity index (χ4n) is 2.63. The molecule has 6 heteroatoms. The lowest BCUT2D eigenvalue weighted by molar-refractivity contribution is 0.402. The Morgan fingerprint density at radius 1 is 1.16 bits per heavy atom. The molecule has 25 heavy (non-hydrogen) atoms. The topological polar surface area (TPSA) is 68.7 Å². The SMILES string of the molecule is CN(C)Cc1ccc(N=Cc2c(O)[nH]c(=O)c3ccc(Br)cc23)cc1. The van der Waals surface area contributed by atoms with Crippen molar-refractivity contribution in [3.8, 4) is 5.88 Å². The lowest BCUT2D eigenvalue weighted by Crippen LogP contribution is -2.10. The molecular formula is C19H18BrN3O2. The Hall–Kier alpha value is -2.44. The van der Waals surface area contributed by atoms with E-state index in [0.29, 0.717) is 16.3 Å². The number of rotatable bonds is 4. The van der Waals surface area contributed by atoms with Gasteiger partial charge in [-0.15, -0.1) is 0 Å². The molecule has 0 saturated carbocycles. The third-order valence-electron chi connectivity index (χ3n) is 3.78. The minimum absolute atomic E-state index is 0.191. The minimum atomic E-state index is -0.329. The van der Waals surface area contributed by atoms with Crippen LogP contribution in [0.15, 0.2) is 56.7 Å². The van der Waals surface area contributed by atoms with Crippen molar-refractivity contribution in [2.24, 2.45) is 4.99 Å². The fraction of sp³-hybridized carbons (Fsp3) is 0.158. The molecule has 1 aromatic heterocycles. The Labute approximate surface area is 153 Å². The van der Waals surface area contributed by atoms with Gasteiger partial charge in [0.05, 0.1) is 11.3 Å². The summed E-state index contributed by atoms with van der Waals surface area (Å²) in [7, 11) is 4.04. The maximum Gasteiger partial charge on any atom is 0.258 e. The first-order valence-corrected chi connectivity index (χ1v) is 8.55. The van der Waals surface area contributed by atoms with Gasteiger partial charge in [-0.3, -0.25) is 14.8 Å². The zero-order valence-electron chi connectivity index (χ0n) is 14.0. The van der Waals surface area contributed by atoms with Crippen molar-refractivity contribution >= 4 is 38.6 Å². The van der Waals surface area contributed by atoms with Gasteiger partial charge < -0.3 is 10.0 Å². The first-order chi connectivity index (χ1) is 11.9. The quantitative estimate of drug-likeness (QED) is 0.655. The van der Waals surface area contributed by atoms with E-state index >= 15 is 0 Å². The minimum Gasteiger partial charge on any atom is -0.494 e. The van der Waals surface area contributed by atoms with Crippen molar-refractivity contribution in [2.75, 3.05) is 14.1 Å². The average molecular weight is 400 g/mol. The molecule has 2 aromatic carbocycles. The summed E-state index contributed by atoms with van der Waals surface area (Å²) in [5, 5.41) is 11.3. The van der Waals surface area contributed by atoms with Crippen LogP contribution in [0.25, 0.3) is 10.8 Å². The predicted octanol–water partition coefficient (Wildman–Crippen LogP) is 3.81. The van der Waals surface area contributed by atoms with E-state index < -0.39 is 0 Å². The molecular weight excluding hydrogens is 382 g/mol. The van der Waals surface area contributed by atoms with E-state index in [2.05, 4.69) is 30.8 Å². The van der Waals surface area contributed by atoms with Crippen LogP contribution in [0.1, 0.15) is 11.1 Å². The summed E-state index contributed by atoms with van der Waals surface area (Å²) in [5.74, 6) is -0.191. The second-order valence-electron chi connectivity index (χ2n) is 6.07. The summed E-state index contributed by atoms with van der Waals surface area (Å²) < 4.78 is 0.827. The van der Waals surface area contributed by atoms with Gasteiger partial charge in [0.15, 0.2) is 0 Å².